The van der Waals surface area contributed by atoms with Gasteiger partial charge in [0.1, 0.15) is 0 Å². The summed E-state index contributed by atoms with van der Waals surface area (Å²) in [5.41, 5.74) is 1.87. The number of nitrogens with zero attached hydrogens (tertiary/aromatic N) is 1. The van der Waals surface area contributed by atoms with Crippen molar-refractivity contribution in [1.82, 2.24) is 5.06 Å². The van der Waals surface area contributed by atoms with Gasteiger partial charge in [-0.2, -0.15) is 5.06 Å². The first-order chi connectivity index (χ1) is 15.6. The Kier molecular flexibility index (Phi) is 4.95. The summed E-state index contributed by atoms with van der Waals surface area (Å²) in [5.74, 6) is -4.93. The lowest BCUT2D eigenvalue weighted by atomic mass is 9.59. The van der Waals surface area contributed by atoms with Crippen LogP contribution in [0.2, 0.25) is 0 Å². The second-order valence-electron chi connectivity index (χ2n) is 8.76. The molecule has 3 aliphatic carbocycles. The minimum Gasteiger partial charge on any atom is -0.504 e. The van der Waals surface area contributed by atoms with E-state index in [9.17, 15) is 29.5 Å². The van der Waals surface area contributed by atoms with Crippen LogP contribution in [0.5, 0.6) is 11.5 Å². The van der Waals surface area contributed by atoms with Crippen LogP contribution in [0.4, 0.5) is 0 Å². The minimum atomic E-state index is -0.843. The predicted molar refractivity (Wildman–Crippen MR) is 117 cm³/mol. The second-order valence-corrected chi connectivity index (χ2v) is 9.68. The van der Waals surface area contributed by atoms with Gasteiger partial charge in [0.25, 0.3) is 11.8 Å². The van der Waals surface area contributed by atoms with E-state index in [0.29, 0.717) is 21.2 Å². The van der Waals surface area contributed by atoms with Gasteiger partial charge in [0.2, 0.25) is 0 Å². The molecule has 2 amide bonds. The number of benzene rings is 1. The van der Waals surface area contributed by atoms with Crippen molar-refractivity contribution in [2.24, 2.45) is 17.8 Å². The first-order valence-electron chi connectivity index (χ1n) is 10.5. The van der Waals surface area contributed by atoms with Crippen LogP contribution in [0.25, 0.3) is 0 Å². The van der Waals surface area contributed by atoms with Gasteiger partial charge in [-0.1, -0.05) is 27.6 Å². The average Bonchev–Trinajstić information content (AvgIpc) is 3.01. The molecule has 0 radical (unpaired) electrons. The Morgan fingerprint density at radius 2 is 1.85 bits per heavy atom. The standard InChI is InChI=1S/C24H20BrNO7/c1-9-5-16(27)20-15(21(9)28)8-13-11(3-4-12-19(13)24(31)26(32)23(12)30)18(20)14-6-10(25)7-17(33-2)22(14)29/h3,5-7,12-13,18-19,29,32H,4,8H2,1-2H3. The van der Waals surface area contributed by atoms with Crippen molar-refractivity contribution < 1.29 is 34.2 Å². The molecule has 33 heavy (non-hydrogen) atoms. The number of methoxy groups -OCH3 is 1. The van der Waals surface area contributed by atoms with Crippen molar-refractivity contribution in [2.45, 2.75) is 25.7 Å². The summed E-state index contributed by atoms with van der Waals surface area (Å²) in [4.78, 5) is 51.6. The summed E-state index contributed by atoms with van der Waals surface area (Å²) in [6, 6.07) is 3.24. The Balaban J connectivity index is 1.76. The first-order valence-corrected chi connectivity index (χ1v) is 11.3. The van der Waals surface area contributed by atoms with Crippen molar-refractivity contribution in [3.05, 3.63) is 56.6 Å². The van der Waals surface area contributed by atoms with E-state index < -0.39 is 35.5 Å². The number of amides is 2. The number of Topliss-reactive ketones (excluding diaryl/α,β-unsaturated/α-hetero) is 1. The summed E-state index contributed by atoms with van der Waals surface area (Å²) in [7, 11) is 1.41. The zero-order valence-electron chi connectivity index (χ0n) is 17.8. The molecule has 8 nitrogen and oxygen atoms in total. The van der Waals surface area contributed by atoms with Crippen molar-refractivity contribution in [3.63, 3.8) is 0 Å². The molecule has 1 aromatic rings. The Bertz CT molecular complexity index is 1260. The molecular weight excluding hydrogens is 494 g/mol. The lowest BCUT2D eigenvalue weighted by molar-refractivity contribution is -0.173. The quantitative estimate of drug-likeness (QED) is 0.270. The number of hydroxylamine groups is 2. The van der Waals surface area contributed by atoms with Crippen LogP contribution in [0, 0.1) is 17.8 Å². The Hall–Kier alpha value is -3.04. The number of allylic oxidation sites excluding steroid dienone is 6. The number of carbonyl (C=O) groups excluding carboxylic acids is 4. The summed E-state index contributed by atoms with van der Waals surface area (Å²) in [6.45, 7) is 1.56. The summed E-state index contributed by atoms with van der Waals surface area (Å²) < 4.78 is 5.89. The predicted octanol–water partition coefficient (Wildman–Crippen LogP) is 2.98. The number of hydrogen-bond donors (Lipinski definition) is 2. The third kappa shape index (κ3) is 2.99. The van der Waals surface area contributed by atoms with Crippen molar-refractivity contribution in [3.8, 4) is 11.5 Å². The highest BCUT2D eigenvalue weighted by Gasteiger charge is 2.56. The molecule has 9 heteroatoms. The fourth-order valence-electron chi connectivity index (χ4n) is 5.69. The number of ether oxygens (including phenoxy) is 1. The smallest absolute Gasteiger partial charge is 0.257 e. The summed E-state index contributed by atoms with van der Waals surface area (Å²) >= 11 is 3.41. The van der Waals surface area contributed by atoms with E-state index in [1.165, 1.54) is 13.2 Å². The Morgan fingerprint density at radius 3 is 2.55 bits per heavy atom. The number of imide groups is 1. The highest BCUT2D eigenvalue weighted by molar-refractivity contribution is 9.10. The highest BCUT2D eigenvalue weighted by atomic mass is 79.9. The fraction of sp³-hybridized carbons (Fsp3) is 0.333. The molecule has 4 atom stereocenters. The zero-order chi connectivity index (χ0) is 23.8. The van der Waals surface area contributed by atoms with Gasteiger partial charge in [-0.25, -0.2) is 0 Å². The molecule has 1 fully saturated rings. The van der Waals surface area contributed by atoms with E-state index in [1.54, 1.807) is 25.1 Å². The molecular formula is C24H20BrNO7. The van der Waals surface area contributed by atoms with Gasteiger partial charge in [0.05, 0.1) is 18.9 Å². The maximum Gasteiger partial charge on any atom is 0.257 e. The molecule has 0 saturated carbocycles. The van der Waals surface area contributed by atoms with Crippen molar-refractivity contribution >= 4 is 39.3 Å². The molecule has 1 saturated heterocycles. The van der Waals surface area contributed by atoms with E-state index in [0.717, 1.165) is 0 Å². The van der Waals surface area contributed by atoms with Crippen molar-refractivity contribution in [2.75, 3.05) is 7.11 Å². The van der Waals surface area contributed by atoms with E-state index in [1.807, 2.05) is 0 Å². The largest absolute Gasteiger partial charge is 0.504 e. The highest BCUT2D eigenvalue weighted by Crippen LogP contribution is 2.56. The Morgan fingerprint density at radius 1 is 1.12 bits per heavy atom. The van der Waals surface area contributed by atoms with Crippen LogP contribution in [0.1, 0.15) is 31.2 Å². The van der Waals surface area contributed by atoms with Crippen LogP contribution in [0.3, 0.4) is 0 Å². The van der Waals surface area contributed by atoms with E-state index in [4.69, 9.17) is 4.74 Å². The Labute approximate surface area is 197 Å². The first kappa shape index (κ1) is 21.8. The topological polar surface area (TPSA) is 121 Å². The van der Waals surface area contributed by atoms with Crippen molar-refractivity contribution in [1.29, 1.82) is 0 Å². The third-order valence-corrected chi connectivity index (χ3v) is 7.60. The maximum absolute atomic E-state index is 13.2. The van der Waals surface area contributed by atoms with Gasteiger partial charge in [-0.05, 0) is 43.9 Å². The molecule has 2 N–H and O–H groups in total. The molecule has 1 aromatic carbocycles. The summed E-state index contributed by atoms with van der Waals surface area (Å²) in [5, 5.41) is 21.2. The number of halogens is 1. The zero-order valence-corrected chi connectivity index (χ0v) is 19.4. The van der Waals surface area contributed by atoms with Crippen LogP contribution in [-0.4, -0.2) is 45.9 Å². The monoisotopic (exact) mass is 513 g/mol. The lowest BCUT2D eigenvalue weighted by Crippen LogP contribution is -2.39. The van der Waals surface area contributed by atoms with Gasteiger partial charge in [-0.15, -0.1) is 0 Å². The number of phenolic OH excluding ortho intramolecular Hbond substituents is 1. The van der Waals surface area contributed by atoms with Crippen LogP contribution >= 0.6 is 15.9 Å². The van der Waals surface area contributed by atoms with Gasteiger partial charge >= 0.3 is 0 Å². The van der Waals surface area contributed by atoms with E-state index in [2.05, 4.69) is 15.9 Å². The normalized spacial score (nSPS) is 28.9. The minimum absolute atomic E-state index is 0.105. The van der Waals surface area contributed by atoms with Gasteiger partial charge in [0.15, 0.2) is 23.1 Å². The molecule has 170 valence electrons. The lowest BCUT2D eigenvalue weighted by Gasteiger charge is -2.42. The number of phenols is 1. The number of carbonyl (C=O) groups is 4. The van der Waals surface area contributed by atoms with Gasteiger partial charge in [-0.3, -0.25) is 24.4 Å². The SMILES string of the molecule is COc1cc(Br)cc(C2C3=CCC4C(=O)N(O)C(=O)C4C3CC3=C2C(=O)C=C(C)C3=O)c1O. The second kappa shape index (κ2) is 7.50. The van der Waals surface area contributed by atoms with Gasteiger partial charge < -0.3 is 9.84 Å². The van der Waals surface area contributed by atoms with Crippen LogP contribution in [0.15, 0.2) is 51.0 Å². The maximum atomic E-state index is 13.2. The molecule has 4 aliphatic rings. The van der Waals surface area contributed by atoms with Crippen LogP contribution < -0.4 is 4.74 Å². The van der Waals surface area contributed by atoms with Crippen LogP contribution in [-0.2, 0) is 19.2 Å². The molecule has 0 bridgehead atoms. The summed E-state index contributed by atoms with van der Waals surface area (Å²) in [6.07, 6.45) is 3.42. The van der Waals surface area contributed by atoms with Gasteiger partial charge in [0, 0.05) is 32.7 Å². The third-order valence-electron chi connectivity index (χ3n) is 7.14. The molecule has 1 heterocycles. The molecule has 4 unspecified atom stereocenters. The molecule has 1 aliphatic heterocycles. The number of hydrogen-bond acceptors (Lipinski definition) is 7. The van der Waals surface area contributed by atoms with E-state index >= 15 is 0 Å². The molecule has 0 aromatic heterocycles. The molecule has 5 rings (SSSR count). The number of rotatable bonds is 2. The number of ketones is 2. The fourth-order valence-corrected chi connectivity index (χ4v) is 6.15. The number of aromatic hydroxyl groups is 1. The van der Waals surface area contributed by atoms with E-state index in [-0.39, 0.29) is 52.1 Å². The molecule has 0 spiro atoms. The average molecular weight is 514 g/mol. The number of fused-ring (bicyclic) bond motifs is 3.